The van der Waals surface area contributed by atoms with E-state index in [0.29, 0.717) is 28.8 Å². The molecule has 0 aliphatic rings. The Kier molecular flexibility index (Phi) is 3.65. The first-order valence-corrected chi connectivity index (χ1v) is 8.05. The van der Waals surface area contributed by atoms with Gasteiger partial charge in [-0.05, 0) is 51.8 Å². The summed E-state index contributed by atoms with van der Waals surface area (Å²) in [6.07, 6.45) is 2.15. The maximum Gasteiger partial charge on any atom is 0.166 e. The maximum absolute atomic E-state index is 13.5. The molecule has 0 fully saturated rings. The van der Waals surface area contributed by atoms with Crippen molar-refractivity contribution in [1.82, 2.24) is 19.6 Å². The summed E-state index contributed by atoms with van der Waals surface area (Å²) in [6.45, 7) is 0. The van der Waals surface area contributed by atoms with Crippen LogP contribution in [0.5, 0.6) is 5.75 Å². The molecule has 0 N–H and O–H groups in total. The molecule has 0 aliphatic heterocycles. The molecule has 0 radical (unpaired) electrons. The number of methoxy groups -OCH3 is 1. The largest absolute Gasteiger partial charge is 0.496 e. The van der Waals surface area contributed by atoms with Gasteiger partial charge in [0.25, 0.3) is 0 Å². The van der Waals surface area contributed by atoms with Gasteiger partial charge in [0.2, 0.25) is 0 Å². The number of fused-ring (bicyclic) bond motifs is 3. The lowest BCUT2D eigenvalue weighted by atomic mass is 10.1. The van der Waals surface area contributed by atoms with Crippen LogP contribution in [0.15, 0.2) is 47.2 Å². The number of benzene rings is 2. The molecule has 2 aromatic carbocycles. The molecule has 2 heterocycles. The molecule has 0 unspecified atom stereocenters. The second-order valence-electron chi connectivity index (χ2n) is 5.35. The van der Waals surface area contributed by atoms with E-state index in [9.17, 15) is 4.39 Å². The van der Waals surface area contributed by atoms with Gasteiger partial charge in [-0.2, -0.15) is 0 Å². The van der Waals surface area contributed by atoms with Crippen molar-refractivity contribution in [2.75, 3.05) is 7.11 Å². The van der Waals surface area contributed by atoms with E-state index >= 15 is 0 Å². The van der Waals surface area contributed by atoms with E-state index in [1.165, 1.54) is 12.1 Å². The minimum absolute atomic E-state index is 0.318. The van der Waals surface area contributed by atoms with E-state index in [0.717, 1.165) is 15.8 Å². The zero-order valence-corrected chi connectivity index (χ0v) is 14.3. The molecule has 4 rings (SSSR count). The van der Waals surface area contributed by atoms with Crippen LogP contribution in [0.4, 0.5) is 4.39 Å². The van der Waals surface area contributed by atoms with Gasteiger partial charge in [0.05, 0.1) is 17.1 Å². The van der Waals surface area contributed by atoms with Gasteiger partial charge in [-0.1, -0.05) is 6.07 Å². The summed E-state index contributed by atoms with van der Waals surface area (Å²) in [5.74, 6) is 1.10. The van der Waals surface area contributed by atoms with Crippen molar-refractivity contribution >= 4 is 32.5 Å². The van der Waals surface area contributed by atoms with Crippen LogP contribution in [0.2, 0.25) is 0 Å². The number of aromatic nitrogens is 4. The van der Waals surface area contributed by atoms with Gasteiger partial charge in [0, 0.05) is 11.8 Å². The summed E-state index contributed by atoms with van der Waals surface area (Å²) in [6, 6.07) is 10.3. The van der Waals surface area contributed by atoms with Gasteiger partial charge in [-0.25, -0.2) is 18.9 Å². The van der Waals surface area contributed by atoms with Crippen LogP contribution >= 0.6 is 15.9 Å². The molecule has 24 heavy (non-hydrogen) atoms. The molecule has 0 atom stereocenters. The molecule has 7 heteroatoms. The fraction of sp³-hybridized carbons (Fsp3) is 0.118. The Balaban J connectivity index is 1.76. The summed E-state index contributed by atoms with van der Waals surface area (Å²) in [5.41, 5.74) is 2.33. The molecule has 0 saturated carbocycles. The van der Waals surface area contributed by atoms with Crippen molar-refractivity contribution in [1.29, 1.82) is 0 Å². The molecule has 0 saturated heterocycles. The van der Waals surface area contributed by atoms with Crippen LogP contribution in [0, 0.1) is 5.82 Å². The van der Waals surface area contributed by atoms with E-state index in [2.05, 4.69) is 31.0 Å². The number of nitrogens with zero attached hydrogens (tertiary/aromatic N) is 4. The summed E-state index contributed by atoms with van der Waals surface area (Å²) in [5, 5.41) is 5.08. The molecular formula is C17H12BrFN4O. The van der Waals surface area contributed by atoms with E-state index in [1.54, 1.807) is 24.0 Å². The highest BCUT2D eigenvalue weighted by Crippen LogP contribution is 2.26. The first kappa shape index (κ1) is 15.0. The van der Waals surface area contributed by atoms with Crippen molar-refractivity contribution in [2.45, 2.75) is 6.42 Å². The average molecular weight is 387 g/mol. The molecule has 0 amide bonds. The topological polar surface area (TPSA) is 52.3 Å². The normalized spacial score (nSPS) is 11.3. The Hall–Kier alpha value is -2.54. The predicted octanol–water partition coefficient (Wildman–Crippen LogP) is 3.78. The first-order chi connectivity index (χ1) is 11.6. The Labute approximate surface area is 145 Å². The number of rotatable bonds is 3. The molecule has 5 nitrogen and oxygen atoms in total. The Bertz CT molecular complexity index is 1060. The Morgan fingerprint density at radius 3 is 2.88 bits per heavy atom. The zero-order chi connectivity index (χ0) is 16.7. The average Bonchev–Trinajstić information content (AvgIpc) is 2.98. The van der Waals surface area contributed by atoms with Gasteiger partial charge in [0.15, 0.2) is 11.5 Å². The molecule has 120 valence electrons. The fourth-order valence-corrected chi connectivity index (χ4v) is 3.21. The van der Waals surface area contributed by atoms with Crippen molar-refractivity contribution < 1.29 is 9.13 Å². The van der Waals surface area contributed by atoms with Crippen LogP contribution in [0.3, 0.4) is 0 Å². The van der Waals surface area contributed by atoms with Gasteiger partial charge in [-0.15, -0.1) is 5.10 Å². The van der Waals surface area contributed by atoms with Gasteiger partial charge >= 0.3 is 0 Å². The van der Waals surface area contributed by atoms with Crippen LogP contribution in [-0.4, -0.2) is 26.7 Å². The van der Waals surface area contributed by atoms with Crippen molar-refractivity contribution in [3.63, 3.8) is 0 Å². The fourth-order valence-electron chi connectivity index (χ4n) is 2.63. The lowest BCUT2D eigenvalue weighted by Crippen LogP contribution is -1.94. The summed E-state index contributed by atoms with van der Waals surface area (Å²) >= 11 is 3.47. The minimum Gasteiger partial charge on any atom is -0.496 e. The lowest BCUT2D eigenvalue weighted by molar-refractivity contribution is 0.412. The van der Waals surface area contributed by atoms with E-state index in [-0.39, 0.29) is 5.82 Å². The maximum atomic E-state index is 13.5. The van der Waals surface area contributed by atoms with Crippen LogP contribution < -0.4 is 4.74 Å². The van der Waals surface area contributed by atoms with Gasteiger partial charge < -0.3 is 4.74 Å². The van der Waals surface area contributed by atoms with E-state index in [1.807, 2.05) is 18.2 Å². The molecule has 4 aromatic rings. The van der Waals surface area contributed by atoms with E-state index in [4.69, 9.17) is 4.74 Å². The molecule has 0 bridgehead atoms. The predicted molar refractivity (Wildman–Crippen MR) is 91.7 cm³/mol. The highest BCUT2D eigenvalue weighted by molar-refractivity contribution is 9.10. The highest BCUT2D eigenvalue weighted by atomic mass is 79.9. The molecular weight excluding hydrogens is 375 g/mol. The number of ether oxygens (including phenoxy) is 1. The number of hydrogen-bond acceptors (Lipinski definition) is 4. The highest BCUT2D eigenvalue weighted by Gasteiger charge is 2.10. The summed E-state index contributed by atoms with van der Waals surface area (Å²) in [4.78, 5) is 8.83. The Morgan fingerprint density at radius 1 is 1.21 bits per heavy atom. The standard InChI is InChI=1S/C17H12BrFN4O/c1-24-15-5-2-10(6-13(15)18)7-16-21-17-12-8-11(19)3-4-14(12)20-9-23(17)22-16/h2-6,8-9H,7H2,1H3. The molecule has 2 aromatic heterocycles. The van der Waals surface area contributed by atoms with Crippen molar-refractivity contribution in [3.05, 3.63) is 64.4 Å². The zero-order valence-electron chi connectivity index (χ0n) is 12.7. The first-order valence-electron chi connectivity index (χ1n) is 7.26. The van der Waals surface area contributed by atoms with Crippen molar-refractivity contribution in [2.24, 2.45) is 0 Å². The summed E-state index contributed by atoms with van der Waals surface area (Å²) < 4.78 is 21.2. The lowest BCUT2D eigenvalue weighted by Gasteiger charge is -2.04. The smallest absolute Gasteiger partial charge is 0.166 e. The quantitative estimate of drug-likeness (QED) is 0.537. The molecule has 0 aliphatic carbocycles. The molecule has 0 spiro atoms. The minimum atomic E-state index is -0.318. The van der Waals surface area contributed by atoms with Crippen molar-refractivity contribution in [3.8, 4) is 5.75 Å². The van der Waals surface area contributed by atoms with Crippen LogP contribution in [-0.2, 0) is 6.42 Å². The Morgan fingerprint density at radius 2 is 2.08 bits per heavy atom. The summed E-state index contributed by atoms with van der Waals surface area (Å²) in [7, 11) is 1.63. The third-order valence-electron chi connectivity index (χ3n) is 3.76. The van der Waals surface area contributed by atoms with Gasteiger partial charge in [0.1, 0.15) is 17.9 Å². The van der Waals surface area contributed by atoms with E-state index < -0.39 is 0 Å². The third-order valence-corrected chi connectivity index (χ3v) is 4.38. The second-order valence-corrected chi connectivity index (χ2v) is 6.20. The second kappa shape index (κ2) is 5.83. The van der Waals surface area contributed by atoms with Gasteiger partial charge in [-0.3, -0.25) is 0 Å². The third kappa shape index (κ3) is 2.60. The number of hydrogen-bond donors (Lipinski definition) is 0. The van der Waals surface area contributed by atoms with Crippen LogP contribution in [0.25, 0.3) is 16.6 Å². The SMILES string of the molecule is COc1ccc(Cc2nc3c4cc(F)ccc4ncn3n2)cc1Br. The number of halogens is 2. The van der Waals surface area contributed by atoms with Crippen LogP contribution in [0.1, 0.15) is 11.4 Å². The monoisotopic (exact) mass is 386 g/mol.